The number of fused-ring (bicyclic) bond motifs is 1. The van der Waals surface area contributed by atoms with Crippen molar-refractivity contribution in [2.45, 2.75) is 12.7 Å². The van der Waals surface area contributed by atoms with Crippen LogP contribution in [0.3, 0.4) is 0 Å². The molecule has 0 aliphatic carbocycles. The van der Waals surface area contributed by atoms with Gasteiger partial charge in [0.15, 0.2) is 11.4 Å². The van der Waals surface area contributed by atoms with Crippen molar-refractivity contribution in [2.75, 3.05) is 0 Å². The maximum atomic E-state index is 13.5. The van der Waals surface area contributed by atoms with Gasteiger partial charge in [-0.1, -0.05) is 17.7 Å². The Hall–Kier alpha value is -2.91. The Morgan fingerprint density at radius 2 is 2.03 bits per heavy atom. The van der Waals surface area contributed by atoms with Crippen LogP contribution >= 0.6 is 22.9 Å². The van der Waals surface area contributed by atoms with E-state index in [-0.39, 0.29) is 17.9 Å². The molecule has 0 aliphatic rings. The number of benzene rings is 1. The fourth-order valence-electron chi connectivity index (χ4n) is 3.13. The van der Waals surface area contributed by atoms with Gasteiger partial charge in [0.2, 0.25) is 0 Å². The molecule has 3 aromatic heterocycles. The van der Waals surface area contributed by atoms with E-state index < -0.39 is 23.5 Å². The predicted octanol–water partition coefficient (Wildman–Crippen LogP) is 5.58. The number of hydrogen-bond acceptors (Lipinski definition) is 4. The van der Waals surface area contributed by atoms with E-state index >= 15 is 0 Å². The summed E-state index contributed by atoms with van der Waals surface area (Å²) in [6, 6.07) is 8.35. The van der Waals surface area contributed by atoms with Crippen LogP contribution in [0.4, 0.5) is 13.2 Å². The first-order valence-electron chi connectivity index (χ1n) is 8.23. The number of halogens is 4. The van der Waals surface area contributed by atoms with Crippen molar-refractivity contribution in [1.82, 2.24) is 14.5 Å². The number of thiophene rings is 1. The third-order valence-corrected chi connectivity index (χ3v) is 5.62. The zero-order valence-electron chi connectivity index (χ0n) is 14.4. The highest BCUT2D eigenvalue weighted by atomic mass is 35.5. The number of aromatic carboxylic acids is 1. The smallest absolute Gasteiger partial charge is 0.435 e. The molecular weight excluding hydrogens is 427 g/mol. The second kappa shape index (κ2) is 7.16. The maximum Gasteiger partial charge on any atom is 0.435 e. The molecule has 5 nitrogen and oxygen atoms in total. The molecule has 4 rings (SSSR count). The molecule has 0 unspecified atom stereocenters. The van der Waals surface area contributed by atoms with Crippen molar-refractivity contribution in [2.24, 2.45) is 0 Å². The van der Waals surface area contributed by atoms with Gasteiger partial charge in [-0.3, -0.25) is 4.98 Å². The molecule has 1 aromatic carbocycles. The van der Waals surface area contributed by atoms with Gasteiger partial charge in [-0.15, -0.1) is 11.3 Å². The molecule has 0 fully saturated rings. The number of carboxylic acids is 1. The van der Waals surface area contributed by atoms with Crippen molar-refractivity contribution in [3.05, 3.63) is 70.1 Å². The van der Waals surface area contributed by atoms with Crippen LogP contribution in [-0.4, -0.2) is 25.6 Å². The quantitative estimate of drug-likeness (QED) is 0.452. The normalized spacial score (nSPS) is 11.9. The summed E-state index contributed by atoms with van der Waals surface area (Å²) in [6.45, 7) is -0.140. The highest BCUT2D eigenvalue weighted by Crippen LogP contribution is 2.37. The Kier molecular flexibility index (Phi) is 4.79. The van der Waals surface area contributed by atoms with Gasteiger partial charge in [-0.05, 0) is 35.2 Å². The lowest BCUT2D eigenvalue weighted by Gasteiger charge is -2.11. The Labute approximate surface area is 171 Å². The number of pyridine rings is 1. The van der Waals surface area contributed by atoms with E-state index in [0.29, 0.717) is 16.0 Å². The molecule has 0 bridgehead atoms. The minimum Gasteiger partial charge on any atom is -0.477 e. The van der Waals surface area contributed by atoms with E-state index in [0.717, 1.165) is 9.27 Å². The van der Waals surface area contributed by atoms with Gasteiger partial charge < -0.3 is 9.67 Å². The summed E-state index contributed by atoms with van der Waals surface area (Å²) in [5.74, 6) is -1.85. The van der Waals surface area contributed by atoms with Crippen molar-refractivity contribution < 1.29 is 23.1 Å². The summed E-state index contributed by atoms with van der Waals surface area (Å²) < 4.78 is 42.5. The highest BCUT2D eigenvalue weighted by Gasteiger charge is 2.41. The van der Waals surface area contributed by atoms with Crippen molar-refractivity contribution in [3.63, 3.8) is 0 Å². The number of carbonyl (C=O) groups is 1. The van der Waals surface area contributed by atoms with Crippen molar-refractivity contribution >= 4 is 39.0 Å². The topological polar surface area (TPSA) is 68.0 Å². The fourth-order valence-corrected chi connectivity index (χ4v) is 4.46. The minimum absolute atomic E-state index is 0.130. The lowest BCUT2D eigenvalue weighted by Crippen LogP contribution is -2.16. The predicted molar refractivity (Wildman–Crippen MR) is 103 cm³/mol. The summed E-state index contributed by atoms with van der Waals surface area (Å²) in [5.41, 5.74) is -1.50. The largest absolute Gasteiger partial charge is 0.477 e. The number of carboxylic acid groups (broad SMARTS) is 1. The Balaban J connectivity index is 1.97. The molecule has 0 atom stereocenters. The number of nitrogens with zero attached hydrogens (tertiary/aromatic N) is 3. The van der Waals surface area contributed by atoms with Gasteiger partial charge in [-0.25, -0.2) is 9.78 Å². The minimum atomic E-state index is -4.93. The molecule has 0 amide bonds. The van der Waals surface area contributed by atoms with Crippen LogP contribution in [0.2, 0.25) is 5.02 Å². The standard InChI is InChI=1S/C19H11ClF3N3O2S/c20-12-4-1-5-13-14(12)11(9-29-13)8-26-15(18(27)28)16(19(21,22)23)25-17(26)10-3-2-6-24-7-10/h1-7,9H,8H2,(H,27,28). The average molecular weight is 438 g/mol. The zero-order chi connectivity index (χ0) is 20.8. The molecular formula is C19H11ClF3N3O2S. The molecule has 0 radical (unpaired) electrons. The first-order chi connectivity index (χ1) is 13.8. The third-order valence-electron chi connectivity index (χ3n) is 4.31. The molecule has 4 aromatic rings. The van der Waals surface area contributed by atoms with E-state index in [9.17, 15) is 23.1 Å². The van der Waals surface area contributed by atoms with E-state index in [1.807, 2.05) is 6.07 Å². The summed E-state index contributed by atoms with van der Waals surface area (Å²) in [4.78, 5) is 19.3. The van der Waals surface area contributed by atoms with Crippen LogP contribution in [-0.2, 0) is 12.7 Å². The maximum absolute atomic E-state index is 13.5. The van der Waals surface area contributed by atoms with E-state index in [1.54, 1.807) is 23.6 Å². The molecule has 3 heterocycles. The lowest BCUT2D eigenvalue weighted by molar-refractivity contribution is -0.141. The van der Waals surface area contributed by atoms with Crippen molar-refractivity contribution in [3.8, 4) is 11.4 Å². The van der Waals surface area contributed by atoms with Crippen LogP contribution in [0, 0.1) is 0 Å². The third kappa shape index (κ3) is 3.47. The second-order valence-electron chi connectivity index (χ2n) is 6.14. The zero-order valence-corrected chi connectivity index (χ0v) is 16.0. The van der Waals surface area contributed by atoms with Crippen LogP contribution < -0.4 is 0 Å². The first kappa shape index (κ1) is 19.4. The summed E-state index contributed by atoms with van der Waals surface area (Å²) >= 11 is 7.66. The molecule has 0 spiro atoms. The number of alkyl halides is 3. The highest BCUT2D eigenvalue weighted by molar-refractivity contribution is 7.17. The number of rotatable bonds is 4. The van der Waals surface area contributed by atoms with Crippen LogP contribution in [0.25, 0.3) is 21.5 Å². The van der Waals surface area contributed by atoms with Crippen molar-refractivity contribution in [1.29, 1.82) is 0 Å². The number of aromatic nitrogens is 3. The van der Waals surface area contributed by atoms with Gasteiger partial charge in [0.1, 0.15) is 5.82 Å². The van der Waals surface area contributed by atoms with E-state index in [2.05, 4.69) is 9.97 Å². The van der Waals surface area contributed by atoms with E-state index in [1.165, 1.54) is 29.8 Å². The fraction of sp³-hybridized carbons (Fsp3) is 0.105. The first-order valence-corrected chi connectivity index (χ1v) is 9.49. The average Bonchev–Trinajstić information content (AvgIpc) is 3.25. The van der Waals surface area contributed by atoms with Crippen LogP contribution in [0.5, 0.6) is 0 Å². The number of imidazole rings is 1. The molecule has 10 heteroatoms. The summed E-state index contributed by atoms with van der Waals surface area (Å²) in [7, 11) is 0. The van der Waals surface area contributed by atoms with Gasteiger partial charge in [-0.2, -0.15) is 13.2 Å². The molecule has 0 aliphatic heterocycles. The summed E-state index contributed by atoms with van der Waals surface area (Å²) in [6.07, 6.45) is -2.13. The van der Waals surface area contributed by atoms with Crippen LogP contribution in [0.15, 0.2) is 48.1 Å². The van der Waals surface area contributed by atoms with Gasteiger partial charge >= 0.3 is 12.1 Å². The Bertz CT molecular complexity index is 1220. The molecule has 29 heavy (non-hydrogen) atoms. The molecule has 0 saturated carbocycles. The lowest BCUT2D eigenvalue weighted by atomic mass is 10.1. The van der Waals surface area contributed by atoms with Gasteiger partial charge in [0.05, 0.1) is 6.54 Å². The Morgan fingerprint density at radius 3 is 2.69 bits per heavy atom. The van der Waals surface area contributed by atoms with E-state index in [4.69, 9.17) is 11.6 Å². The molecule has 1 N–H and O–H groups in total. The van der Waals surface area contributed by atoms with Crippen LogP contribution in [0.1, 0.15) is 21.7 Å². The molecule has 148 valence electrons. The second-order valence-corrected chi connectivity index (χ2v) is 7.46. The van der Waals surface area contributed by atoms with Gasteiger partial charge in [0.25, 0.3) is 0 Å². The monoisotopic (exact) mass is 437 g/mol. The number of hydrogen-bond donors (Lipinski definition) is 1. The van der Waals surface area contributed by atoms with Gasteiger partial charge in [0, 0.05) is 33.1 Å². The summed E-state index contributed by atoms with van der Waals surface area (Å²) in [5, 5.41) is 12.4. The SMILES string of the molecule is O=C(O)c1c(C(F)(F)F)nc(-c2cccnc2)n1Cc1csc2cccc(Cl)c12. The Morgan fingerprint density at radius 1 is 1.24 bits per heavy atom. The molecule has 0 saturated heterocycles.